The van der Waals surface area contributed by atoms with Gasteiger partial charge in [0.05, 0.1) is 24.2 Å². The van der Waals surface area contributed by atoms with Crippen molar-refractivity contribution < 1.29 is 26.3 Å². The Morgan fingerprint density at radius 2 is 1.61 bits per heavy atom. The molecule has 0 amide bonds. The van der Waals surface area contributed by atoms with Crippen molar-refractivity contribution in [3.8, 4) is 11.1 Å². The maximum absolute atomic E-state index is 13.4. The summed E-state index contributed by atoms with van der Waals surface area (Å²) >= 11 is 0. The van der Waals surface area contributed by atoms with Gasteiger partial charge in [-0.3, -0.25) is 4.99 Å². The maximum Gasteiger partial charge on any atom is 0.417 e. The monoisotopic (exact) mass is 462 g/mol. The van der Waals surface area contributed by atoms with Gasteiger partial charge in [-0.2, -0.15) is 26.3 Å². The van der Waals surface area contributed by atoms with Gasteiger partial charge in [0.2, 0.25) is 0 Å². The van der Waals surface area contributed by atoms with E-state index in [1.54, 1.807) is 43.3 Å². The lowest BCUT2D eigenvalue weighted by Gasteiger charge is -2.16. The number of halogens is 6. The van der Waals surface area contributed by atoms with Gasteiger partial charge >= 0.3 is 12.4 Å². The molecule has 0 aromatic heterocycles. The van der Waals surface area contributed by atoms with Crippen LogP contribution in [0.1, 0.15) is 36.0 Å². The van der Waals surface area contributed by atoms with Crippen LogP contribution in [0, 0.1) is 6.92 Å². The number of alkyl halides is 6. The topological polar surface area (TPSA) is 24.7 Å². The lowest BCUT2D eigenvalue weighted by molar-refractivity contribution is -0.137. The highest BCUT2D eigenvalue weighted by molar-refractivity contribution is 6.18. The van der Waals surface area contributed by atoms with E-state index in [4.69, 9.17) is 0 Å². The van der Waals surface area contributed by atoms with Crippen LogP contribution in [-0.4, -0.2) is 24.3 Å². The Bertz CT molecular complexity index is 1200. The Balaban J connectivity index is 1.61. The number of rotatable bonds is 4. The summed E-state index contributed by atoms with van der Waals surface area (Å²) in [6.07, 6.45) is -5.37. The van der Waals surface area contributed by atoms with Crippen LogP contribution in [0.15, 0.2) is 75.7 Å². The summed E-state index contributed by atoms with van der Waals surface area (Å²) in [5.74, 6) is 0.268. The van der Waals surface area contributed by atoms with Gasteiger partial charge in [0.25, 0.3) is 0 Å². The summed E-state index contributed by atoms with van der Waals surface area (Å²) in [5.41, 5.74) is 2.30. The predicted octanol–water partition coefficient (Wildman–Crippen LogP) is 7.48. The second-order valence-corrected chi connectivity index (χ2v) is 7.99. The fourth-order valence-corrected chi connectivity index (χ4v) is 4.10. The SMILES string of the molecule is Cc1cc(C2=NC(C3=CCCC=C3CC(F)(F)F)=NC2)ccc1-c1ccccc1C(F)(F)F. The molecule has 2 nitrogen and oxygen atoms in total. The van der Waals surface area contributed by atoms with Crippen LogP contribution < -0.4 is 0 Å². The second kappa shape index (κ2) is 8.65. The third-order valence-corrected chi connectivity index (χ3v) is 5.59. The van der Waals surface area contributed by atoms with E-state index in [1.807, 2.05) is 0 Å². The minimum atomic E-state index is -4.48. The van der Waals surface area contributed by atoms with Crippen molar-refractivity contribution in [3.63, 3.8) is 0 Å². The lowest BCUT2D eigenvalue weighted by Crippen LogP contribution is -2.14. The quantitative estimate of drug-likeness (QED) is 0.421. The van der Waals surface area contributed by atoms with Crippen LogP contribution >= 0.6 is 0 Å². The molecule has 2 aliphatic rings. The molecule has 0 N–H and O–H groups in total. The first-order valence-corrected chi connectivity index (χ1v) is 10.4. The van der Waals surface area contributed by atoms with Crippen molar-refractivity contribution >= 4 is 11.5 Å². The highest BCUT2D eigenvalue weighted by Gasteiger charge is 2.34. The Morgan fingerprint density at radius 3 is 2.30 bits per heavy atom. The van der Waals surface area contributed by atoms with E-state index in [0.29, 0.717) is 40.8 Å². The number of amidine groups is 1. The van der Waals surface area contributed by atoms with E-state index in [1.165, 1.54) is 12.1 Å². The fraction of sp³-hybridized carbons (Fsp3) is 0.280. The van der Waals surface area contributed by atoms with Gasteiger partial charge in [-0.25, -0.2) is 4.99 Å². The Kier molecular flexibility index (Phi) is 6.03. The summed E-state index contributed by atoms with van der Waals surface area (Å²) in [5, 5.41) is 0. The molecule has 1 heterocycles. The van der Waals surface area contributed by atoms with Crippen LogP contribution in [0.4, 0.5) is 26.3 Å². The zero-order valence-electron chi connectivity index (χ0n) is 17.7. The first-order valence-electron chi connectivity index (χ1n) is 10.4. The standard InChI is InChI=1S/C25H20F6N2/c1-15-12-16(10-11-18(15)20-8-4-5-9-21(20)25(29,30)31)22-14-32-23(33-22)19-7-3-2-6-17(19)13-24(26,27)28/h4-12H,2-3,13-14H2,1H3. The molecule has 2 aromatic rings. The molecule has 8 heteroatoms. The number of benzene rings is 2. The van der Waals surface area contributed by atoms with Gasteiger partial charge in [-0.15, -0.1) is 0 Å². The van der Waals surface area contributed by atoms with Crippen molar-refractivity contribution in [2.45, 2.75) is 38.5 Å². The van der Waals surface area contributed by atoms with Crippen LogP contribution in [0.2, 0.25) is 0 Å². The minimum absolute atomic E-state index is 0.0913. The van der Waals surface area contributed by atoms with Gasteiger partial charge in [0.1, 0.15) is 0 Å². The van der Waals surface area contributed by atoms with Gasteiger partial charge in [0.15, 0.2) is 5.84 Å². The van der Waals surface area contributed by atoms with Crippen molar-refractivity contribution in [3.05, 3.63) is 82.5 Å². The summed E-state index contributed by atoms with van der Waals surface area (Å²) < 4.78 is 79.1. The molecule has 1 aliphatic carbocycles. The van der Waals surface area contributed by atoms with Gasteiger partial charge < -0.3 is 0 Å². The molecule has 0 bridgehead atoms. The van der Waals surface area contributed by atoms with E-state index in [-0.39, 0.29) is 23.5 Å². The number of aryl methyl sites for hydroxylation is 1. The lowest BCUT2D eigenvalue weighted by atomic mass is 9.93. The van der Waals surface area contributed by atoms with Crippen molar-refractivity contribution in [2.75, 3.05) is 6.54 Å². The molecule has 0 atom stereocenters. The maximum atomic E-state index is 13.4. The third-order valence-electron chi connectivity index (χ3n) is 5.59. The van der Waals surface area contributed by atoms with Crippen LogP contribution in [0.3, 0.4) is 0 Å². The summed E-state index contributed by atoms with van der Waals surface area (Å²) in [4.78, 5) is 8.81. The molecule has 0 spiro atoms. The van der Waals surface area contributed by atoms with Crippen molar-refractivity contribution in [1.82, 2.24) is 0 Å². The molecule has 1 aliphatic heterocycles. The smallest absolute Gasteiger partial charge is 0.260 e. The highest BCUT2D eigenvalue weighted by atomic mass is 19.4. The molecule has 0 fully saturated rings. The fourth-order valence-electron chi connectivity index (χ4n) is 4.10. The Morgan fingerprint density at radius 1 is 0.879 bits per heavy atom. The average molecular weight is 462 g/mol. The molecule has 0 radical (unpaired) electrons. The molecule has 4 rings (SSSR count). The predicted molar refractivity (Wildman–Crippen MR) is 117 cm³/mol. The molecule has 0 unspecified atom stereocenters. The van der Waals surface area contributed by atoms with E-state index in [0.717, 1.165) is 6.07 Å². The number of allylic oxidation sites excluding steroid dienone is 2. The normalized spacial score (nSPS) is 16.8. The van der Waals surface area contributed by atoms with E-state index in [2.05, 4.69) is 9.98 Å². The first-order chi connectivity index (χ1) is 15.5. The third kappa shape index (κ3) is 5.10. The number of nitrogens with zero attached hydrogens (tertiary/aromatic N) is 2. The molecule has 0 saturated carbocycles. The highest BCUT2D eigenvalue weighted by Crippen LogP contribution is 2.38. The Hall–Kier alpha value is -3.16. The van der Waals surface area contributed by atoms with Gasteiger partial charge in [-0.05, 0) is 59.7 Å². The van der Waals surface area contributed by atoms with E-state index < -0.39 is 24.3 Å². The molecule has 172 valence electrons. The molecule has 0 saturated heterocycles. The van der Waals surface area contributed by atoms with Gasteiger partial charge in [-0.1, -0.05) is 42.5 Å². The van der Waals surface area contributed by atoms with E-state index >= 15 is 0 Å². The summed E-state index contributed by atoms with van der Waals surface area (Å²) in [7, 11) is 0. The zero-order chi connectivity index (χ0) is 23.8. The van der Waals surface area contributed by atoms with Gasteiger partial charge in [0, 0.05) is 5.57 Å². The molecular weight excluding hydrogens is 442 g/mol. The van der Waals surface area contributed by atoms with Crippen LogP contribution in [0.5, 0.6) is 0 Å². The average Bonchev–Trinajstić information content (AvgIpc) is 3.22. The minimum Gasteiger partial charge on any atom is -0.260 e. The molecule has 33 heavy (non-hydrogen) atoms. The summed E-state index contributed by atoms with van der Waals surface area (Å²) in [6.45, 7) is 1.92. The number of aliphatic imine (C=N–C) groups is 2. The summed E-state index contributed by atoms with van der Waals surface area (Å²) in [6, 6.07) is 10.4. The number of hydrogen-bond acceptors (Lipinski definition) is 2. The van der Waals surface area contributed by atoms with Crippen LogP contribution in [-0.2, 0) is 6.18 Å². The Labute approximate surface area is 187 Å². The largest absolute Gasteiger partial charge is 0.417 e. The van der Waals surface area contributed by atoms with Crippen molar-refractivity contribution in [1.29, 1.82) is 0 Å². The van der Waals surface area contributed by atoms with Crippen molar-refractivity contribution in [2.24, 2.45) is 9.98 Å². The van der Waals surface area contributed by atoms with E-state index in [9.17, 15) is 26.3 Å². The first kappa shape index (κ1) is 23.0. The second-order valence-electron chi connectivity index (χ2n) is 7.99. The zero-order valence-corrected chi connectivity index (χ0v) is 17.7. The molecule has 2 aromatic carbocycles. The molecular formula is C25H20F6N2. The van der Waals surface area contributed by atoms with Crippen LogP contribution in [0.25, 0.3) is 11.1 Å². The number of hydrogen-bond donors (Lipinski definition) is 0.